The fraction of sp³-hybridized carbons (Fsp3) is 0.100. The average molecular weight is 318 g/mol. The topological polar surface area (TPSA) is 51.2 Å². The Bertz CT molecular complexity index is 865. The summed E-state index contributed by atoms with van der Waals surface area (Å²) in [6.07, 6.45) is 4.95. The number of benzene rings is 2. The Balaban J connectivity index is 1.68. The van der Waals surface area contributed by atoms with Crippen LogP contribution >= 0.6 is 0 Å². The molecular formula is C20H18N2O2. The van der Waals surface area contributed by atoms with Crippen LogP contribution in [0.25, 0.3) is 17.0 Å². The van der Waals surface area contributed by atoms with Crippen molar-refractivity contribution in [3.8, 4) is 0 Å². The van der Waals surface area contributed by atoms with Crippen molar-refractivity contribution in [1.29, 1.82) is 0 Å². The number of nitrogens with one attached hydrogen (secondary N) is 1. The van der Waals surface area contributed by atoms with Crippen LogP contribution in [0.15, 0.2) is 66.9 Å². The van der Waals surface area contributed by atoms with E-state index in [-0.39, 0.29) is 5.97 Å². The van der Waals surface area contributed by atoms with Crippen LogP contribution in [0.1, 0.15) is 11.1 Å². The number of fused-ring (bicyclic) bond motifs is 1. The third-order valence-electron chi connectivity index (χ3n) is 3.71. The van der Waals surface area contributed by atoms with Crippen molar-refractivity contribution in [3.63, 3.8) is 0 Å². The Kier molecular flexibility index (Phi) is 4.87. The molecule has 4 nitrogen and oxygen atoms in total. The lowest BCUT2D eigenvalue weighted by molar-refractivity contribution is -0.134. The molecule has 3 rings (SSSR count). The molecular weight excluding hydrogens is 300 g/mol. The summed E-state index contributed by atoms with van der Waals surface area (Å²) in [7, 11) is 1.36. The predicted octanol–water partition coefficient (Wildman–Crippen LogP) is 4.03. The summed E-state index contributed by atoms with van der Waals surface area (Å²) in [4.78, 5) is 15.5. The van der Waals surface area contributed by atoms with Gasteiger partial charge in [0.15, 0.2) is 0 Å². The summed E-state index contributed by atoms with van der Waals surface area (Å²) in [6.45, 7) is 0.705. The van der Waals surface area contributed by atoms with E-state index in [2.05, 4.69) is 27.2 Å². The quantitative estimate of drug-likeness (QED) is 0.570. The SMILES string of the molecule is COC(=O)/C=C/c1ccc(CNc2cccc3cccnc23)cc1. The number of carbonyl (C=O) groups excluding carboxylic acids is 1. The van der Waals surface area contributed by atoms with E-state index in [4.69, 9.17) is 0 Å². The second kappa shape index (κ2) is 7.42. The lowest BCUT2D eigenvalue weighted by atomic mass is 10.1. The standard InChI is InChI=1S/C20H18N2O2/c1-24-19(23)12-11-15-7-9-16(10-8-15)14-22-18-6-2-4-17-5-3-13-21-20(17)18/h2-13,22H,14H2,1H3/b12-11+. The number of anilines is 1. The minimum Gasteiger partial charge on any atom is -0.466 e. The molecule has 0 spiro atoms. The van der Waals surface area contributed by atoms with Crippen LogP contribution in [0.3, 0.4) is 0 Å². The monoisotopic (exact) mass is 318 g/mol. The van der Waals surface area contributed by atoms with Crippen LogP contribution in [0.4, 0.5) is 5.69 Å². The molecule has 24 heavy (non-hydrogen) atoms. The van der Waals surface area contributed by atoms with Crippen LogP contribution < -0.4 is 5.32 Å². The molecule has 1 aromatic heterocycles. The molecule has 3 aromatic rings. The maximum atomic E-state index is 11.1. The summed E-state index contributed by atoms with van der Waals surface area (Å²) >= 11 is 0. The number of carbonyl (C=O) groups is 1. The van der Waals surface area contributed by atoms with Crippen LogP contribution in [0, 0.1) is 0 Å². The van der Waals surface area contributed by atoms with Crippen molar-refractivity contribution in [1.82, 2.24) is 4.98 Å². The molecule has 2 aromatic carbocycles. The van der Waals surface area contributed by atoms with Gasteiger partial charge in [-0.15, -0.1) is 0 Å². The van der Waals surface area contributed by atoms with E-state index in [9.17, 15) is 4.79 Å². The maximum absolute atomic E-state index is 11.1. The van der Waals surface area contributed by atoms with Gasteiger partial charge in [0.05, 0.1) is 18.3 Å². The highest BCUT2D eigenvalue weighted by Crippen LogP contribution is 2.21. The summed E-state index contributed by atoms with van der Waals surface area (Å²) < 4.78 is 4.58. The number of nitrogens with zero attached hydrogens (tertiary/aromatic N) is 1. The third-order valence-corrected chi connectivity index (χ3v) is 3.71. The molecule has 0 saturated carbocycles. The highest BCUT2D eigenvalue weighted by molar-refractivity contribution is 5.90. The number of hydrogen-bond acceptors (Lipinski definition) is 4. The number of ether oxygens (including phenoxy) is 1. The number of methoxy groups -OCH3 is 1. The zero-order valence-electron chi connectivity index (χ0n) is 13.4. The number of esters is 1. The van der Waals surface area contributed by atoms with E-state index >= 15 is 0 Å². The molecule has 4 heteroatoms. The molecule has 0 bridgehead atoms. The van der Waals surface area contributed by atoms with Crippen molar-refractivity contribution in [2.24, 2.45) is 0 Å². The second-order valence-corrected chi connectivity index (χ2v) is 5.33. The smallest absolute Gasteiger partial charge is 0.330 e. The van der Waals surface area contributed by atoms with Gasteiger partial charge in [0.2, 0.25) is 0 Å². The highest BCUT2D eigenvalue weighted by atomic mass is 16.5. The Morgan fingerprint density at radius 3 is 2.71 bits per heavy atom. The molecule has 1 N–H and O–H groups in total. The van der Waals surface area contributed by atoms with Crippen molar-refractivity contribution in [2.75, 3.05) is 12.4 Å². The van der Waals surface area contributed by atoms with Crippen molar-refractivity contribution < 1.29 is 9.53 Å². The van der Waals surface area contributed by atoms with Gasteiger partial charge in [-0.05, 0) is 29.3 Å². The van der Waals surface area contributed by atoms with Crippen LogP contribution in [0.2, 0.25) is 0 Å². The van der Waals surface area contributed by atoms with Crippen molar-refractivity contribution in [2.45, 2.75) is 6.54 Å². The molecule has 0 atom stereocenters. The number of para-hydroxylation sites is 1. The van der Waals surface area contributed by atoms with E-state index in [0.717, 1.165) is 27.7 Å². The minimum absolute atomic E-state index is 0.357. The van der Waals surface area contributed by atoms with E-state index in [1.807, 2.05) is 42.5 Å². The number of rotatable bonds is 5. The Morgan fingerprint density at radius 2 is 1.92 bits per heavy atom. The zero-order valence-corrected chi connectivity index (χ0v) is 13.4. The zero-order chi connectivity index (χ0) is 16.8. The lowest BCUT2D eigenvalue weighted by Gasteiger charge is -2.09. The van der Waals surface area contributed by atoms with Crippen molar-refractivity contribution in [3.05, 3.63) is 78.0 Å². The van der Waals surface area contributed by atoms with Gasteiger partial charge in [-0.2, -0.15) is 0 Å². The summed E-state index contributed by atoms with van der Waals surface area (Å²) in [5.41, 5.74) is 4.09. The number of pyridine rings is 1. The molecule has 0 radical (unpaired) electrons. The van der Waals surface area contributed by atoms with Gasteiger partial charge in [0.1, 0.15) is 0 Å². The van der Waals surface area contributed by atoms with Gasteiger partial charge in [-0.1, -0.05) is 42.5 Å². The first kappa shape index (κ1) is 15.7. The Labute approximate surface area is 140 Å². The third kappa shape index (κ3) is 3.79. The first-order valence-electron chi connectivity index (χ1n) is 7.69. The summed E-state index contributed by atoms with van der Waals surface area (Å²) in [5.74, 6) is -0.357. The van der Waals surface area contributed by atoms with Gasteiger partial charge in [-0.25, -0.2) is 4.79 Å². The fourth-order valence-corrected chi connectivity index (χ4v) is 2.42. The molecule has 0 fully saturated rings. The van der Waals surface area contributed by atoms with Crippen LogP contribution in [-0.4, -0.2) is 18.1 Å². The van der Waals surface area contributed by atoms with Crippen LogP contribution in [0.5, 0.6) is 0 Å². The summed E-state index contributed by atoms with van der Waals surface area (Å²) in [6, 6.07) is 18.1. The van der Waals surface area contributed by atoms with Gasteiger partial charge < -0.3 is 10.1 Å². The molecule has 120 valence electrons. The maximum Gasteiger partial charge on any atom is 0.330 e. The molecule has 0 saturated heterocycles. The Hall–Kier alpha value is -3.14. The molecule has 0 aliphatic rings. The van der Waals surface area contributed by atoms with Crippen LogP contribution in [-0.2, 0) is 16.1 Å². The molecule has 1 heterocycles. The van der Waals surface area contributed by atoms with Crippen molar-refractivity contribution >= 4 is 28.6 Å². The largest absolute Gasteiger partial charge is 0.466 e. The van der Waals surface area contributed by atoms with E-state index < -0.39 is 0 Å². The van der Waals surface area contributed by atoms with E-state index in [1.165, 1.54) is 13.2 Å². The first-order chi connectivity index (χ1) is 11.8. The molecule has 0 aliphatic carbocycles. The number of aromatic nitrogens is 1. The molecule has 0 aliphatic heterocycles. The number of hydrogen-bond donors (Lipinski definition) is 1. The van der Waals surface area contributed by atoms with Gasteiger partial charge in [0, 0.05) is 24.2 Å². The summed E-state index contributed by atoms with van der Waals surface area (Å²) in [5, 5.41) is 4.54. The van der Waals surface area contributed by atoms with Gasteiger partial charge in [0.25, 0.3) is 0 Å². The minimum atomic E-state index is -0.357. The average Bonchev–Trinajstić information content (AvgIpc) is 2.65. The fourth-order valence-electron chi connectivity index (χ4n) is 2.42. The lowest BCUT2D eigenvalue weighted by Crippen LogP contribution is -2.00. The second-order valence-electron chi connectivity index (χ2n) is 5.33. The normalized spacial score (nSPS) is 10.9. The predicted molar refractivity (Wildman–Crippen MR) is 96.6 cm³/mol. The molecule has 0 amide bonds. The molecule has 0 unspecified atom stereocenters. The van der Waals surface area contributed by atoms with E-state index in [1.54, 1.807) is 12.3 Å². The van der Waals surface area contributed by atoms with Gasteiger partial charge >= 0.3 is 5.97 Å². The first-order valence-corrected chi connectivity index (χ1v) is 7.69. The Morgan fingerprint density at radius 1 is 1.12 bits per heavy atom. The van der Waals surface area contributed by atoms with Gasteiger partial charge in [-0.3, -0.25) is 4.98 Å². The highest BCUT2D eigenvalue weighted by Gasteiger charge is 2.01. The van der Waals surface area contributed by atoms with E-state index in [0.29, 0.717) is 6.54 Å².